The second-order valence-corrected chi connectivity index (χ2v) is 8.98. The number of thioether (sulfide) groups is 1. The Morgan fingerprint density at radius 1 is 1.13 bits per heavy atom. The van der Waals surface area contributed by atoms with Crippen LogP contribution in [0.3, 0.4) is 0 Å². The summed E-state index contributed by atoms with van der Waals surface area (Å²) in [7, 11) is 1.78. The first-order chi connectivity index (χ1) is 14.9. The molecule has 0 saturated heterocycles. The van der Waals surface area contributed by atoms with Gasteiger partial charge in [-0.1, -0.05) is 36.0 Å². The first kappa shape index (κ1) is 21.1. The summed E-state index contributed by atoms with van der Waals surface area (Å²) in [5, 5.41) is 12.0. The number of aromatic nitrogens is 3. The average molecular weight is 436 g/mol. The number of anilines is 2. The molecule has 4 rings (SSSR count). The standard InChI is InChI=1S/C23H25N5O2S/c1-15(22(30)27(3)19-9-5-4-6-10-19)31-23-26-25-21(17-12-13-17)28(23)20-11-7-8-18(14-20)24-16(2)29/h4-11,14-15,17H,12-13H2,1-3H3,(H,24,29). The zero-order chi connectivity index (χ0) is 22.0. The van der Waals surface area contributed by atoms with Crippen molar-refractivity contribution in [2.24, 2.45) is 0 Å². The number of nitrogens with zero attached hydrogens (tertiary/aromatic N) is 4. The van der Waals surface area contributed by atoms with E-state index >= 15 is 0 Å². The Morgan fingerprint density at radius 2 is 1.87 bits per heavy atom. The third-order valence-corrected chi connectivity index (χ3v) is 6.16. The van der Waals surface area contributed by atoms with Crippen LogP contribution < -0.4 is 10.2 Å². The molecular weight excluding hydrogens is 410 g/mol. The van der Waals surface area contributed by atoms with E-state index in [1.165, 1.54) is 18.7 Å². The summed E-state index contributed by atoms with van der Waals surface area (Å²) in [5.41, 5.74) is 2.43. The first-order valence-corrected chi connectivity index (χ1v) is 11.1. The number of amides is 2. The van der Waals surface area contributed by atoms with Crippen LogP contribution >= 0.6 is 11.8 Å². The van der Waals surface area contributed by atoms with Gasteiger partial charge in [-0.3, -0.25) is 14.2 Å². The molecule has 160 valence electrons. The van der Waals surface area contributed by atoms with Crippen LogP contribution in [0, 0.1) is 0 Å². The molecule has 7 nitrogen and oxygen atoms in total. The average Bonchev–Trinajstić information content (AvgIpc) is 3.53. The highest BCUT2D eigenvalue weighted by Gasteiger charge is 2.32. The number of benzene rings is 2. The lowest BCUT2D eigenvalue weighted by Crippen LogP contribution is -2.33. The molecule has 0 bridgehead atoms. The fourth-order valence-corrected chi connectivity index (χ4v) is 4.36. The second kappa shape index (κ2) is 8.93. The second-order valence-electron chi connectivity index (χ2n) is 7.67. The highest BCUT2D eigenvalue weighted by molar-refractivity contribution is 8.00. The molecule has 1 atom stereocenters. The maximum Gasteiger partial charge on any atom is 0.240 e. The Balaban J connectivity index is 1.61. The molecule has 1 fully saturated rings. The Morgan fingerprint density at radius 3 is 2.55 bits per heavy atom. The van der Waals surface area contributed by atoms with E-state index in [1.54, 1.807) is 11.9 Å². The number of carbonyl (C=O) groups is 2. The minimum Gasteiger partial charge on any atom is -0.326 e. The summed E-state index contributed by atoms with van der Waals surface area (Å²) >= 11 is 1.39. The largest absolute Gasteiger partial charge is 0.326 e. The van der Waals surface area contributed by atoms with Gasteiger partial charge in [-0.05, 0) is 50.1 Å². The van der Waals surface area contributed by atoms with Crippen molar-refractivity contribution in [3.8, 4) is 5.69 Å². The number of para-hydroxylation sites is 1. The van der Waals surface area contributed by atoms with Crippen molar-refractivity contribution in [1.29, 1.82) is 0 Å². The lowest BCUT2D eigenvalue weighted by molar-refractivity contribution is -0.117. The molecule has 8 heteroatoms. The van der Waals surface area contributed by atoms with Crippen LogP contribution in [0.4, 0.5) is 11.4 Å². The van der Waals surface area contributed by atoms with Gasteiger partial charge in [-0.25, -0.2) is 0 Å². The highest BCUT2D eigenvalue weighted by atomic mass is 32.2. The lowest BCUT2D eigenvalue weighted by Gasteiger charge is -2.21. The monoisotopic (exact) mass is 435 g/mol. The van der Waals surface area contributed by atoms with E-state index in [0.29, 0.717) is 16.8 Å². The van der Waals surface area contributed by atoms with Crippen LogP contribution in [0.5, 0.6) is 0 Å². The molecule has 1 aliphatic rings. The summed E-state index contributed by atoms with van der Waals surface area (Å²) in [6, 6.07) is 17.2. The van der Waals surface area contributed by atoms with Gasteiger partial charge in [0, 0.05) is 31.3 Å². The van der Waals surface area contributed by atoms with Crippen LogP contribution in [0.1, 0.15) is 38.4 Å². The van der Waals surface area contributed by atoms with Gasteiger partial charge >= 0.3 is 0 Å². The topological polar surface area (TPSA) is 80.1 Å². The number of hydrogen-bond acceptors (Lipinski definition) is 5. The Hall–Kier alpha value is -3.13. The van der Waals surface area contributed by atoms with E-state index in [1.807, 2.05) is 66.1 Å². The van der Waals surface area contributed by atoms with Crippen molar-refractivity contribution in [3.05, 3.63) is 60.4 Å². The maximum absolute atomic E-state index is 13.0. The summed E-state index contributed by atoms with van der Waals surface area (Å²) in [5.74, 6) is 1.15. The summed E-state index contributed by atoms with van der Waals surface area (Å²) in [4.78, 5) is 26.2. The molecule has 2 aromatic carbocycles. The van der Waals surface area contributed by atoms with Crippen LogP contribution in [-0.4, -0.2) is 38.9 Å². The maximum atomic E-state index is 13.0. The number of carbonyl (C=O) groups excluding carboxylic acids is 2. The van der Waals surface area contributed by atoms with Gasteiger partial charge in [0.2, 0.25) is 11.8 Å². The van der Waals surface area contributed by atoms with Crippen LogP contribution in [-0.2, 0) is 9.59 Å². The Kier molecular flexibility index (Phi) is 6.08. The Labute approximate surface area is 185 Å². The highest BCUT2D eigenvalue weighted by Crippen LogP contribution is 2.41. The predicted molar refractivity (Wildman–Crippen MR) is 123 cm³/mol. The van der Waals surface area contributed by atoms with E-state index in [0.717, 1.165) is 30.0 Å². The molecule has 1 saturated carbocycles. The van der Waals surface area contributed by atoms with Crippen LogP contribution in [0.2, 0.25) is 0 Å². The van der Waals surface area contributed by atoms with Gasteiger partial charge in [0.25, 0.3) is 0 Å². The minimum atomic E-state index is -0.348. The van der Waals surface area contributed by atoms with Crippen LogP contribution in [0.25, 0.3) is 5.69 Å². The van der Waals surface area contributed by atoms with Crippen molar-refractivity contribution in [1.82, 2.24) is 14.8 Å². The fourth-order valence-electron chi connectivity index (χ4n) is 3.39. The number of rotatable bonds is 7. The summed E-state index contributed by atoms with van der Waals surface area (Å²) in [6.45, 7) is 3.37. The third kappa shape index (κ3) is 4.80. The third-order valence-electron chi connectivity index (χ3n) is 5.13. The van der Waals surface area contributed by atoms with Gasteiger partial charge < -0.3 is 10.2 Å². The molecule has 3 aromatic rings. The Bertz CT molecular complexity index is 1090. The smallest absolute Gasteiger partial charge is 0.240 e. The molecule has 1 N–H and O–H groups in total. The predicted octanol–water partition coefficient (Wildman–Crippen LogP) is 4.25. The van der Waals surface area contributed by atoms with Crippen molar-refractivity contribution in [2.75, 3.05) is 17.3 Å². The van der Waals surface area contributed by atoms with E-state index in [4.69, 9.17) is 0 Å². The molecule has 0 radical (unpaired) electrons. The van der Waals surface area contributed by atoms with Gasteiger partial charge in [-0.2, -0.15) is 0 Å². The van der Waals surface area contributed by atoms with Gasteiger partial charge in [0.05, 0.1) is 10.9 Å². The molecular formula is C23H25N5O2S. The van der Waals surface area contributed by atoms with E-state index in [9.17, 15) is 9.59 Å². The van der Waals surface area contributed by atoms with Crippen LogP contribution in [0.15, 0.2) is 59.8 Å². The van der Waals surface area contributed by atoms with Gasteiger partial charge in [0.15, 0.2) is 5.16 Å². The van der Waals surface area contributed by atoms with Crippen molar-refractivity contribution < 1.29 is 9.59 Å². The summed E-state index contributed by atoms with van der Waals surface area (Å²) in [6.07, 6.45) is 2.17. The molecule has 31 heavy (non-hydrogen) atoms. The minimum absolute atomic E-state index is 0.00859. The zero-order valence-corrected chi connectivity index (χ0v) is 18.6. The molecule has 2 amide bonds. The number of hydrogen-bond donors (Lipinski definition) is 1. The molecule has 1 unspecified atom stereocenters. The normalized spacial score (nSPS) is 14.2. The van der Waals surface area contributed by atoms with E-state index in [2.05, 4.69) is 15.5 Å². The SMILES string of the molecule is CC(=O)Nc1cccc(-n2c(SC(C)C(=O)N(C)c3ccccc3)nnc2C2CC2)c1. The van der Waals surface area contributed by atoms with E-state index in [-0.39, 0.29) is 17.1 Å². The molecule has 0 aliphatic heterocycles. The fraction of sp³-hybridized carbons (Fsp3) is 0.304. The molecule has 0 spiro atoms. The van der Waals surface area contributed by atoms with Crippen molar-refractivity contribution in [3.63, 3.8) is 0 Å². The quantitative estimate of drug-likeness (QED) is 0.561. The van der Waals surface area contributed by atoms with Crippen molar-refractivity contribution >= 4 is 35.0 Å². The lowest BCUT2D eigenvalue weighted by atomic mass is 10.2. The molecule has 1 aliphatic carbocycles. The first-order valence-electron chi connectivity index (χ1n) is 10.3. The summed E-state index contributed by atoms with van der Waals surface area (Å²) < 4.78 is 2.01. The van der Waals surface area contributed by atoms with Gasteiger partial charge in [0.1, 0.15) is 5.82 Å². The molecule has 1 heterocycles. The zero-order valence-electron chi connectivity index (χ0n) is 17.8. The van der Waals surface area contributed by atoms with Crippen molar-refractivity contribution in [2.45, 2.75) is 43.0 Å². The molecule has 1 aromatic heterocycles. The van der Waals surface area contributed by atoms with Gasteiger partial charge in [-0.15, -0.1) is 10.2 Å². The number of nitrogens with one attached hydrogen (secondary N) is 1. The van der Waals surface area contributed by atoms with E-state index < -0.39 is 0 Å².